The quantitative estimate of drug-likeness (QED) is 0.678. The van der Waals surface area contributed by atoms with Gasteiger partial charge in [0.15, 0.2) is 0 Å². The molecule has 0 saturated heterocycles. The van der Waals surface area contributed by atoms with Gasteiger partial charge in [-0.3, -0.25) is 4.79 Å². The number of fused-ring (bicyclic) bond motifs is 1. The van der Waals surface area contributed by atoms with Gasteiger partial charge in [0.05, 0.1) is 11.9 Å². The van der Waals surface area contributed by atoms with Gasteiger partial charge in [0, 0.05) is 25.0 Å². The molecule has 3 aromatic rings. The molecule has 0 saturated carbocycles. The van der Waals surface area contributed by atoms with Crippen molar-refractivity contribution >= 4 is 33.3 Å². The Morgan fingerprint density at radius 1 is 1.12 bits per heavy atom. The topological polar surface area (TPSA) is 49.3 Å². The van der Waals surface area contributed by atoms with E-state index < -0.39 is 0 Å². The standard InChI is InChI=1S/C19H22N4OS/c1-4-23(5-2)17(24)12-22(3)18-15-11-16(14-9-7-6-8-10-14)25-19(15)21-13-20-18/h6-11,13H,4-5,12H2,1-3H3. The number of nitrogens with zero attached hydrogens (tertiary/aromatic N) is 4. The molecule has 3 rings (SSSR count). The van der Waals surface area contributed by atoms with E-state index in [2.05, 4.69) is 28.2 Å². The van der Waals surface area contributed by atoms with Gasteiger partial charge in [-0.15, -0.1) is 11.3 Å². The number of hydrogen-bond acceptors (Lipinski definition) is 5. The summed E-state index contributed by atoms with van der Waals surface area (Å²) in [6, 6.07) is 12.4. The number of rotatable bonds is 6. The lowest BCUT2D eigenvalue weighted by atomic mass is 10.2. The van der Waals surface area contributed by atoms with Gasteiger partial charge in [-0.05, 0) is 25.5 Å². The van der Waals surface area contributed by atoms with Crippen LogP contribution in [0, 0.1) is 0 Å². The zero-order valence-corrected chi connectivity index (χ0v) is 15.6. The Hall–Kier alpha value is -2.47. The summed E-state index contributed by atoms with van der Waals surface area (Å²) in [5, 5.41) is 0.987. The molecule has 1 amide bonds. The van der Waals surface area contributed by atoms with Crippen LogP contribution in [-0.4, -0.2) is 47.5 Å². The van der Waals surface area contributed by atoms with E-state index in [4.69, 9.17) is 0 Å². The third-order valence-corrected chi connectivity index (χ3v) is 5.31. The van der Waals surface area contributed by atoms with Gasteiger partial charge in [0.25, 0.3) is 0 Å². The van der Waals surface area contributed by atoms with Gasteiger partial charge >= 0.3 is 0 Å². The summed E-state index contributed by atoms with van der Waals surface area (Å²) in [7, 11) is 1.91. The van der Waals surface area contributed by atoms with Gasteiger partial charge in [-0.25, -0.2) is 9.97 Å². The number of anilines is 1. The summed E-state index contributed by atoms with van der Waals surface area (Å²) < 4.78 is 0. The van der Waals surface area contributed by atoms with Gasteiger partial charge in [-0.1, -0.05) is 30.3 Å². The van der Waals surface area contributed by atoms with E-state index in [0.717, 1.165) is 34.0 Å². The molecular formula is C19H22N4OS. The Labute approximate surface area is 151 Å². The van der Waals surface area contributed by atoms with E-state index in [0.29, 0.717) is 6.54 Å². The number of likely N-dealkylation sites (N-methyl/N-ethyl adjacent to an activating group) is 2. The van der Waals surface area contributed by atoms with Gasteiger partial charge in [-0.2, -0.15) is 0 Å². The second kappa shape index (κ2) is 7.61. The van der Waals surface area contributed by atoms with E-state index in [1.54, 1.807) is 17.7 Å². The monoisotopic (exact) mass is 354 g/mol. The maximum atomic E-state index is 12.4. The summed E-state index contributed by atoms with van der Waals surface area (Å²) in [5.74, 6) is 0.904. The normalized spacial score (nSPS) is 10.8. The smallest absolute Gasteiger partial charge is 0.242 e. The zero-order chi connectivity index (χ0) is 17.8. The fourth-order valence-electron chi connectivity index (χ4n) is 2.85. The molecule has 2 aromatic heterocycles. The Morgan fingerprint density at radius 2 is 1.84 bits per heavy atom. The minimum absolute atomic E-state index is 0.109. The average Bonchev–Trinajstić information content (AvgIpc) is 3.07. The molecule has 6 heteroatoms. The SMILES string of the molecule is CCN(CC)C(=O)CN(C)c1ncnc2sc(-c3ccccc3)cc12. The third kappa shape index (κ3) is 3.64. The predicted octanol–water partition coefficient (Wildman–Crippen LogP) is 3.66. The highest BCUT2D eigenvalue weighted by atomic mass is 32.1. The molecule has 130 valence electrons. The highest BCUT2D eigenvalue weighted by Gasteiger charge is 2.17. The fourth-order valence-corrected chi connectivity index (χ4v) is 3.85. The highest BCUT2D eigenvalue weighted by Crippen LogP contribution is 2.35. The second-order valence-electron chi connectivity index (χ2n) is 5.81. The first kappa shape index (κ1) is 17.4. The molecule has 25 heavy (non-hydrogen) atoms. The minimum atomic E-state index is 0.109. The summed E-state index contributed by atoms with van der Waals surface area (Å²) in [5.41, 5.74) is 1.17. The molecule has 0 radical (unpaired) electrons. The molecule has 0 atom stereocenters. The predicted molar refractivity (Wildman–Crippen MR) is 104 cm³/mol. The number of benzene rings is 1. The van der Waals surface area contributed by atoms with Crippen molar-refractivity contribution in [2.45, 2.75) is 13.8 Å². The summed E-state index contributed by atoms with van der Waals surface area (Å²) in [4.78, 5) is 27.1. The van der Waals surface area contributed by atoms with Crippen molar-refractivity contribution in [1.29, 1.82) is 0 Å². The highest BCUT2D eigenvalue weighted by molar-refractivity contribution is 7.21. The lowest BCUT2D eigenvalue weighted by Gasteiger charge is -2.24. The maximum Gasteiger partial charge on any atom is 0.242 e. The Bertz CT molecular complexity index is 858. The number of aromatic nitrogens is 2. The summed E-state index contributed by atoms with van der Waals surface area (Å²) in [6.07, 6.45) is 1.57. The van der Waals surface area contributed by atoms with Crippen molar-refractivity contribution in [2.75, 3.05) is 31.6 Å². The van der Waals surface area contributed by atoms with Crippen LogP contribution in [0.1, 0.15) is 13.8 Å². The van der Waals surface area contributed by atoms with Crippen molar-refractivity contribution < 1.29 is 4.79 Å². The number of amides is 1. The van der Waals surface area contributed by atoms with Crippen LogP contribution in [0.15, 0.2) is 42.7 Å². The molecule has 0 unspecified atom stereocenters. The molecule has 5 nitrogen and oxygen atoms in total. The lowest BCUT2D eigenvalue weighted by molar-refractivity contribution is -0.129. The van der Waals surface area contributed by atoms with Crippen LogP contribution in [0.2, 0.25) is 0 Å². The molecule has 0 N–H and O–H groups in total. The minimum Gasteiger partial charge on any atom is -0.350 e. The molecule has 0 aliphatic heterocycles. The van der Waals surface area contributed by atoms with Crippen molar-refractivity contribution in [3.05, 3.63) is 42.7 Å². The van der Waals surface area contributed by atoms with Crippen molar-refractivity contribution in [2.24, 2.45) is 0 Å². The molecule has 1 aromatic carbocycles. The fraction of sp³-hybridized carbons (Fsp3) is 0.316. The molecule has 0 bridgehead atoms. The first-order valence-electron chi connectivity index (χ1n) is 8.42. The van der Waals surface area contributed by atoms with E-state index in [-0.39, 0.29) is 5.91 Å². The Kier molecular flexibility index (Phi) is 5.28. The van der Waals surface area contributed by atoms with Crippen LogP contribution in [0.25, 0.3) is 20.7 Å². The van der Waals surface area contributed by atoms with Crippen LogP contribution in [-0.2, 0) is 4.79 Å². The first-order valence-corrected chi connectivity index (χ1v) is 9.24. The van der Waals surface area contributed by atoms with E-state index in [1.807, 2.05) is 48.9 Å². The third-order valence-electron chi connectivity index (χ3n) is 4.22. The molecule has 0 fully saturated rings. The number of thiophene rings is 1. The van der Waals surface area contributed by atoms with Crippen LogP contribution < -0.4 is 4.90 Å². The molecule has 0 aliphatic rings. The van der Waals surface area contributed by atoms with Crippen LogP contribution in [0.3, 0.4) is 0 Å². The van der Waals surface area contributed by atoms with E-state index in [1.165, 1.54) is 5.56 Å². The van der Waals surface area contributed by atoms with Crippen molar-refractivity contribution in [1.82, 2.24) is 14.9 Å². The van der Waals surface area contributed by atoms with Crippen LogP contribution >= 0.6 is 11.3 Å². The average molecular weight is 354 g/mol. The molecule has 2 heterocycles. The Morgan fingerprint density at radius 3 is 2.52 bits per heavy atom. The first-order chi connectivity index (χ1) is 12.1. The van der Waals surface area contributed by atoms with Gasteiger partial charge in [0.1, 0.15) is 17.0 Å². The zero-order valence-electron chi connectivity index (χ0n) is 14.8. The molecule has 0 aliphatic carbocycles. The number of carbonyl (C=O) groups is 1. The van der Waals surface area contributed by atoms with E-state index >= 15 is 0 Å². The molecule has 0 spiro atoms. The molecular weight excluding hydrogens is 332 g/mol. The largest absolute Gasteiger partial charge is 0.350 e. The Balaban J connectivity index is 1.91. The maximum absolute atomic E-state index is 12.4. The second-order valence-corrected chi connectivity index (χ2v) is 6.85. The van der Waals surface area contributed by atoms with Crippen molar-refractivity contribution in [3.8, 4) is 10.4 Å². The van der Waals surface area contributed by atoms with Crippen LogP contribution in [0.5, 0.6) is 0 Å². The lowest BCUT2D eigenvalue weighted by Crippen LogP contribution is -2.39. The summed E-state index contributed by atoms with van der Waals surface area (Å²) >= 11 is 1.64. The van der Waals surface area contributed by atoms with E-state index in [9.17, 15) is 4.79 Å². The number of hydrogen-bond donors (Lipinski definition) is 0. The van der Waals surface area contributed by atoms with Gasteiger partial charge in [0.2, 0.25) is 5.91 Å². The number of carbonyl (C=O) groups excluding carboxylic acids is 1. The summed E-state index contributed by atoms with van der Waals surface area (Å²) in [6.45, 7) is 5.74. The van der Waals surface area contributed by atoms with Crippen molar-refractivity contribution in [3.63, 3.8) is 0 Å². The van der Waals surface area contributed by atoms with Crippen LogP contribution in [0.4, 0.5) is 5.82 Å². The van der Waals surface area contributed by atoms with Gasteiger partial charge < -0.3 is 9.80 Å².